The average molecular weight is 1310 g/mol. The van der Waals surface area contributed by atoms with E-state index in [0.29, 0.717) is 30.2 Å². The van der Waals surface area contributed by atoms with E-state index in [1.54, 1.807) is 12.1 Å². The molecule has 2 aromatic heterocycles. The number of unbranched alkanes of at least 4 members (excludes halogenated alkanes) is 4. The number of pyridine rings is 1. The van der Waals surface area contributed by atoms with E-state index in [-0.39, 0.29) is 81.3 Å². The van der Waals surface area contributed by atoms with Crippen molar-refractivity contribution in [1.29, 1.82) is 5.26 Å². The van der Waals surface area contributed by atoms with Crippen molar-refractivity contribution in [2.75, 3.05) is 19.0 Å². The molecule has 0 radical (unpaired) electrons. The molecule has 18 nitrogen and oxygen atoms in total. The van der Waals surface area contributed by atoms with Crippen LogP contribution in [0.3, 0.4) is 0 Å². The second kappa shape index (κ2) is 30.7. The predicted molar refractivity (Wildman–Crippen MR) is 277 cm³/mol. The number of esters is 2. The topological polar surface area (TPSA) is 246 Å². The quantitative estimate of drug-likeness (QED) is 0.0148. The number of aromatic nitrogens is 4. The van der Waals surface area contributed by atoms with Gasteiger partial charge in [-0.3, -0.25) is 9.59 Å². The molecule has 27 heteroatoms. The molecule has 1 amide bonds. The molecular weight excluding hydrogens is 1270 g/mol. The Labute approximate surface area is 482 Å². The first kappa shape index (κ1) is 64.3. The van der Waals surface area contributed by atoms with E-state index in [1.165, 1.54) is 68.9 Å². The summed E-state index contributed by atoms with van der Waals surface area (Å²) in [5.74, 6) is -3.63. The van der Waals surface area contributed by atoms with Crippen molar-refractivity contribution < 1.29 is 98.4 Å². The van der Waals surface area contributed by atoms with Gasteiger partial charge in [0.1, 0.15) is 33.9 Å². The van der Waals surface area contributed by atoms with E-state index in [1.807, 2.05) is 6.92 Å². The van der Waals surface area contributed by atoms with Gasteiger partial charge < -0.3 is 29.4 Å². The molecular formula is C49H45F5I2N7NaO11S. The molecule has 76 heavy (non-hydrogen) atoms. The van der Waals surface area contributed by atoms with Crippen LogP contribution in [-0.4, -0.2) is 65.3 Å². The Bertz CT molecular complexity index is 3220. The summed E-state index contributed by atoms with van der Waals surface area (Å²) in [6, 6.07) is 18.4. The Hall–Kier alpha value is -6.00. The van der Waals surface area contributed by atoms with Crippen LogP contribution in [0.25, 0.3) is 0 Å². The van der Waals surface area contributed by atoms with Crippen LogP contribution in [0.1, 0.15) is 90.6 Å². The zero-order chi connectivity index (χ0) is 55.5. The van der Waals surface area contributed by atoms with Gasteiger partial charge in [0.2, 0.25) is 5.88 Å². The SMILES string of the molecule is CCCCCCCC(=O)Oc1c(I)cc(C#N)cc1I.CCCOc1nn(/C([O-])=N/S(=O)(=O)c2ccccc2C(=O)OC)c(=O)n1C.O=C(Nc1ccc(F)cc1F)c1cccnc1Oc1cccc(C(F)(F)F)c1.[Na+]. The molecule has 0 aliphatic rings. The van der Waals surface area contributed by atoms with Gasteiger partial charge in [-0.05, 0) is 125 Å². The third kappa shape index (κ3) is 18.9. The third-order valence-corrected chi connectivity index (χ3v) is 12.6. The number of methoxy groups -OCH3 is 1. The van der Waals surface area contributed by atoms with Crippen molar-refractivity contribution in [2.24, 2.45) is 11.4 Å². The molecule has 0 unspecified atom stereocenters. The van der Waals surface area contributed by atoms with Gasteiger partial charge in [-0.1, -0.05) is 57.7 Å². The zero-order valence-corrected chi connectivity index (χ0v) is 48.3. The molecule has 0 aliphatic heterocycles. The Balaban J connectivity index is 0.000000303. The van der Waals surface area contributed by atoms with Crippen molar-refractivity contribution in [3.05, 3.63) is 149 Å². The van der Waals surface area contributed by atoms with Crippen molar-refractivity contribution in [3.8, 4) is 29.5 Å². The molecule has 0 spiro atoms. The van der Waals surface area contributed by atoms with Crippen molar-refractivity contribution in [1.82, 2.24) is 19.3 Å². The van der Waals surface area contributed by atoms with E-state index in [4.69, 9.17) is 19.5 Å². The Morgan fingerprint density at radius 1 is 0.895 bits per heavy atom. The van der Waals surface area contributed by atoms with Crippen LogP contribution in [0.2, 0.25) is 0 Å². The maximum atomic E-state index is 13.7. The summed E-state index contributed by atoms with van der Waals surface area (Å²) in [4.78, 5) is 51.4. The summed E-state index contributed by atoms with van der Waals surface area (Å²) in [6.07, 6.45) is 3.35. The number of amides is 1. The van der Waals surface area contributed by atoms with Crippen LogP contribution in [0.15, 0.2) is 111 Å². The van der Waals surface area contributed by atoms with Gasteiger partial charge in [0.25, 0.3) is 15.9 Å². The van der Waals surface area contributed by atoms with Crippen LogP contribution in [0.4, 0.5) is 27.6 Å². The number of benzene rings is 4. The number of ether oxygens (including phenoxy) is 4. The zero-order valence-electron chi connectivity index (χ0n) is 41.1. The van der Waals surface area contributed by atoms with Gasteiger partial charge >= 0.3 is 59.4 Å². The van der Waals surface area contributed by atoms with Gasteiger partial charge in [-0.2, -0.15) is 35.9 Å². The van der Waals surface area contributed by atoms with Gasteiger partial charge in [0.05, 0.1) is 49.3 Å². The summed E-state index contributed by atoms with van der Waals surface area (Å²) in [7, 11) is -2.21. The van der Waals surface area contributed by atoms with Crippen LogP contribution in [-0.2, 0) is 32.8 Å². The monoisotopic (exact) mass is 1310 g/mol. The summed E-state index contributed by atoms with van der Waals surface area (Å²) >= 11 is 4.18. The van der Waals surface area contributed by atoms with Crippen molar-refractivity contribution >= 4 is 84.8 Å². The normalized spacial score (nSPS) is 11.1. The molecule has 0 saturated carbocycles. The number of hydrogen-bond acceptors (Lipinski definition) is 14. The first-order valence-corrected chi connectivity index (χ1v) is 25.8. The maximum absolute atomic E-state index is 13.7. The number of anilines is 1. The molecule has 6 aromatic rings. The first-order chi connectivity index (χ1) is 35.5. The summed E-state index contributed by atoms with van der Waals surface area (Å²) in [5.41, 5.74) is -1.99. The minimum Gasteiger partial charge on any atom is -0.844 e. The minimum atomic E-state index is -4.61. The minimum absolute atomic E-state index is 0. The summed E-state index contributed by atoms with van der Waals surface area (Å²) in [6.45, 7) is 4.25. The second-order valence-corrected chi connectivity index (χ2v) is 19.2. The van der Waals surface area contributed by atoms with Gasteiger partial charge in [0.15, 0.2) is 5.75 Å². The smallest absolute Gasteiger partial charge is 0.844 e. The van der Waals surface area contributed by atoms with Gasteiger partial charge in [-0.15, -0.1) is 5.10 Å². The molecule has 2 heterocycles. The van der Waals surface area contributed by atoms with Gasteiger partial charge in [0, 0.05) is 25.7 Å². The molecule has 0 fully saturated rings. The first-order valence-electron chi connectivity index (χ1n) is 22.2. The van der Waals surface area contributed by atoms with Crippen LogP contribution in [0, 0.1) is 30.1 Å². The number of alkyl halides is 3. The molecule has 6 rings (SSSR count). The molecule has 0 saturated heterocycles. The van der Waals surface area contributed by atoms with Crippen molar-refractivity contribution in [3.63, 3.8) is 0 Å². The standard InChI is InChI=1S/C19H11F5N2O2.C15H17I2NO2.C15H18N4O7S.Na/c20-12-6-7-16(15(21)10-12)26-17(27)14-5-2-8-25-18(14)28-13-4-1-3-11(9-13)19(22,23)24;1-2-3-4-5-6-7-14(19)20-15-12(16)8-11(10-18)9-13(15)17;1-4-9-26-14-16-19(15(22)18(14)2)13(21)17-27(23,24)11-8-6-5-7-10(11)12(20)25-3;/h1-10H,(H,26,27);8-9H,2-7H2,1H3;5-8H,4,9H2,1-3H3,(H,17,21);/q;;;+1/p-1. The molecule has 0 bridgehead atoms. The fourth-order valence-electron chi connectivity index (χ4n) is 6.06. The number of nitrogens with zero attached hydrogens (tertiary/aromatic N) is 6. The Morgan fingerprint density at radius 2 is 1.57 bits per heavy atom. The number of carbonyl (C=O) groups excluding carboxylic acids is 3. The number of rotatable bonds is 17. The number of halogens is 7. The van der Waals surface area contributed by atoms with Crippen LogP contribution in [0.5, 0.6) is 23.4 Å². The maximum Gasteiger partial charge on any atom is 1.00 e. The number of nitriles is 1. The number of hydrogen-bond donors (Lipinski definition) is 1. The number of sulfonamides is 1. The molecule has 0 atom stereocenters. The molecule has 1 N–H and O–H groups in total. The largest absolute Gasteiger partial charge is 1.00 e. The van der Waals surface area contributed by atoms with Crippen molar-refractivity contribution in [2.45, 2.75) is 69.9 Å². The molecule has 398 valence electrons. The fraction of sp³-hybridized carbons (Fsp3) is 0.265. The summed E-state index contributed by atoms with van der Waals surface area (Å²) in [5, 5.41) is 27.0. The Kier molecular flexibility index (Phi) is 25.9. The average Bonchev–Trinajstić information content (AvgIpc) is 3.66. The van der Waals surface area contributed by atoms with E-state index >= 15 is 0 Å². The van der Waals surface area contributed by atoms with E-state index in [9.17, 15) is 54.7 Å². The van der Waals surface area contributed by atoms with Crippen LogP contribution < -0.4 is 59.9 Å². The predicted octanol–water partition coefficient (Wildman–Crippen LogP) is 6.57. The molecule has 0 aliphatic carbocycles. The third-order valence-electron chi connectivity index (χ3n) is 9.72. The van der Waals surface area contributed by atoms with E-state index < -0.39 is 61.9 Å². The van der Waals surface area contributed by atoms with Gasteiger partial charge in [-0.25, -0.2) is 27.9 Å². The number of nitrogens with one attached hydrogen (secondary N) is 1. The van der Waals surface area contributed by atoms with E-state index in [0.717, 1.165) is 68.1 Å². The second-order valence-electron chi connectivity index (χ2n) is 15.3. The fourth-order valence-corrected chi connectivity index (χ4v) is 9.11. The molecule has 4 aromatic carbocycles. The Morgan fingerprint density at radius 3 is 2.20 bits per heavy atom. The number of carbonyl (C=O) groups is 3. The van der Waals surface area contributed by atoms with Crippen LogP contribution >= 0.6 is 45.2 Å². The van der Waals surface area contributed by atoms with E-state index in [2.05, 4.69) is 82.7 Å². The summed E-state index contributed by atoms with van der Waals surface area (Å²) < 4.78 is 116.